The third kappa shape index (κ3) is 48.5. The first-order chi connectivity index (χ1) is 69.3. The Bertz CT molecular complexity index is 3760. The second-order valence-corrected chi connectivity index (χ2v) is 38.7. The van der Waals surface area contributed by atoms with Crippen LogP contribution in [0.3, 0.4) is 0 Å². The first-order valence-corrected chi connectivity index (χ1v) is 52.2. The molecule has 5 rings (SSSR count). The molecule has 0 aliphatic carbocycles. The van der Waals surface area contributed by atoms with E-state index in [1.165, 1.54) is 51.6 Å². The molecule has 1 aromatic rings. The van der Waals surface area contributed by atoms with E-state index in [0.29, 0.717) is 147 Å². The monoisotopic (exact) mass is 2120 g/mol. The van der Waals surface area contributed by atoms with Crippen molar-refractivity contribution in [1.82, 2.24) is 63.0 Å². The molecule has 0 bridgehead atoms. The first kappa shape index (κ1) is 127. The van der Waals surface area contributed by atoms with E-state index in [2.05, 4.69) is 57.7 Å². The van der Waals surface area contributed by atoms with Crippen molar-refractivity contribution in [2.75, 3.05) is 144 Å². The van der Waals surface area contributed by atoms with Crippen molar-refractivity contribution in [3.8, 4) is 5.75 Å². The lowest BCUT2D eigenvalue weighted by molar-refractivity contribution is -0.270. The minimum Gasteiger partial charge on any atom is -0.492 e. The number of thioether (sulfide) groups is 1. The van der Waals surface area contributed by atoms with Crippen LogP contribution in [0.25, 0.3) is 0 Å². The Balaban J connectivity index is 1.38. The number of phosphoric acid groups is 1. The zero-order valence-corrected chi connectivity index (χ0v) is 85.0. The summed E-state index contributed by atoms with van der Waals surface area (Å²) in [5, 5.41) is 159. The zero-order chi connectivity index (χ0) is 107. The van der Waals surface area contributed by atoms with E-state index in [1.54, 1.807) is 0 Å². The molecule has 22 atom stereocenters. The molecule has 24 N–H and O–H groups in total. The number of nitrogens with zero attached hydrogens (tertiary/aromatic N) is 2. The number of carboxylic acid groups (broad SMARTS) is 1. The van der Waals surface area contributed by atoms with Gasteiger partial charge < -0.3 is 177 Å². The quantitative estimate of drug-likeness (QED) is 0.0216. The number of nitrogens with one attached hydrogen (secondary N) is 10. The number of aliphatic hydroxyl groups is 12. The van der Waals surface area contributed by atoms with Gasteiger partial charge in [0.25, 0.3) is 11.8 Å². The lowest BCUT2D eigenvalue weighted by Crippen LogP contribution is -2.64. The maximum absolute atomic E-state index is 15.4. The summed E-state index contributed by atoms with van der Waals surface area (Å²) in [5.41, 5.74) is -0.704. The van der Waals surface area contributed by atoms with Crippen LogP contribution in [0.1, 0.15) is 215 Å². The van der Waals surface area contributed by atoms with E-state index >= 15 is 9.59 Å². The van der Waals surface area contributed by atoms with Crippen LogP contribution in [0.5, 0.6) is 5.75 Å². The number of carbonyl (C=O) groups is 13. The second-order valence-electron chi connectivity index (χ2n) is 35.8. The maximum Gasteiger partial charge on any atom is 0.471 e. The molecule has 4 heterocycles. The minimum absolute atomic E-state index is 0.0183. The second kappa shape index (κ2) is 70.7. The van der Waals surface area contributed by atoms with E-state index < -0.39 is 272 Å². The average Bonchev–Trinajstić information content (AvgIpc) is 0.819. The number of carboxylic acids is 1. The summed E-state index contributed by atoms with van der Waals surface area (Å²) in [7, 11) is -3.00. The molecule has 0 spiro atoms. The van der Waals surface area contributed by atoms with Crippen molar-refractivity contribution in [2.45, 2.75) is 322 Å². The van der Waals surface area contributed by atoms with E-state index in [0.717, 1.165) is 35.8 Å². The smallest absolute Gasteiger partial charge is 0.471 e. The molecule has 1 aromatic carbocycles. The molecule has 4 fully saturated rings. The van der Waals surface area contributed by atoms with Crippen LogP contribution in [-0.4, -0.2) is 430 Å². The Hall–Kier alpha value is -8.21. The third-order valence-electron chi connectivity index (χ3n) is 23.8. The normalized spacial score (nSPS) is 24.6. The molecule has 12 amide bonds. The van der Waals surface area contributed by atoms with Crippen LogP contribution < -0.4 is 57.9 Å². The van der Waals surface area contributed by atoms with Crippen molar-refractivity contribution in [3.05, 3.63) is 29.3 Å². The highest BCUT2D eigenvalue weighted by atomic mass is 32.2. The number of carbonyl (C=O) groups excluding carboxylic acids is 12. The summed E-state index contributed by atoms with van der Waals surface area (Å²) < 4.78 is 72.9. The fraction of sp³-hybridized carbons (Fsp3) is 0.793. The number of amides is 12. The summed E-state index contributed by atoms with van der Waals surface area (Å²) >= 11 is 1.22. The van der Waals surface area contributed by atoms with Gasteiger partial charge in [-0.2, -0.15) is 0 Å². The Kier molecular flexibility index (Phi) is 62.1. The molecule has 4 aliphatic rings. The van der Waals surface area contributed by atoms with Gasteiger partial charge in [0.15, 0.2) is 25.2 Å². The number of rotatable bonds is 74. The largest absolute Gasteiger partial charge is 0.492 e. The molecule has 0 aromatic heterocycles. The number of benzene rings is 1. The number of hydrogen-bond acceptors (Lipinski definition) is 38. The Morgan fingerprint density at radius 2 is 0.662 bits per heavy atom. The average molecular weight is 2120 g/mol. The van der Waals surface area contributed by atoms with Crippen molar-refractivity contribution >= 4 is 96.4 Å². The van der Waals surface area contributed by atoms with E-state index in [4.69, 9.17) is 47.2 Å². The molecular formula is C92H157N12O39PS. The Labute approximate surface area is 847 Å². The molecule has 0 saturated carbocycles. The molecule has 4 aliphatic heterocycles. The van der Waals surface area contributed by atoms with Gasteiger partial charge in [0.05, 0.1) is 51.2 Å². The van der Waals surface area contributed by atoms with Crippen molar-refractivity contribution in [3.63, 3.8) is 0 Å². The number of aliphatic carboxylic acids is 1. The molecule has 145 heavy (non-hydrogen) atoms. The molecule has 22 unspecified atom stereocenters. The highest BCUT2D eigenvalue weighted by Gasteiger charge is 2.50. The summed E-state index contributed by atoms with van der Waals surface area (Å²) in [6, 6.07) is -1.12. The standard InChI is InChI=1S/C92H157N12O39PS/c1-56(109)99-74-82(124)78(120)63(52-105)140-89(74)135-37-24-12-7-19-31-93-69(114)48-103(49-70(115)94-32-20-8-13-25-38-136-90-75(100-57(2)110)83(125)79(121)64(53-106)141-90)87(129)60-44-61(46-62(45-60)134-42-36-97-68(113)30-18-17-23-35-98-86(128)67(47-73(118)119)145-43-29-16-6-11-28-41-139-144(131,132)133-5)88(130)104(50-71(116)95-33-21-9-14-26-39-137-91-76(101-58(3)111)84(126)80(122)65(54-107)142-91)51-72(117)96-34-22-10-15-27-40-138-92-77(102-59(4)112)85(127)81(123)66(55-108)143-92/h44-46,63-67,74-85,89-92,105-108,120-127H,6-43,47-55H2,1-5H3,(H,93,114)(H,94,115)(H,95,116)(H,96,117)(H,97,113)(H,98,128)(H,99,109)(H,100,110)(H,101,111)(H,102,112)(H,118,119)(H,131,132). The van der Waals surface area contributed by atoms with E-state index in [1.807, 2.05) is 0 Å². The highest BCUT2D eigenvalue weighted by molar-refractivity contribution is 8.00. The van der Waals surface area contributed by atoms with Gasteiger partial charge in [0.1, 0.15) is 136 Å². The summed E-state index contributed by atoms with van der Waals surface area (Å²) in [6.07, 6.45) is -10.5. The predicted molar refractivity (Wildman–Crippen MR) is 514 cm³/mol. The van der Waals surface area contributed by atoms with Gasteiger partial charge in [-0.1, -0.05) is 77.0 Å². The van der Waals surface area contributed by atoms with Crippen LogP contribution in [0, 0.1) is 0 Å². The van der Waals surface area contributed by atoms with Gasteiger partial charge in [0.2, 0.25) is 59.1 Å². The molecule has 53 heteroatoms. The number of phosphoric ester groups is 1. The van der Waals surface area contributed by atoms with Gasteiger partial charge in [-0.3, -0.25) is 71.4 Å². The SMILES string of the molecule is COP(=O)(O)OCCCCCCCSC(CC(=O)O)C(=O)NCCCCCC(=O)NCCOc1cc(C(=O)N(CC(=O)NCCCCCCOC2OC(CO)C(O)C(O)C2NC(C)=O)CC(=O)NCCCCCCOC2OC(CO)C(O)C(O)C2NC(C)=O)cc(C(=O)N(CC(=O)NCCCCCCOC2OC(CO)C(O)C(O)C2NC(C)=O)CC(=O)NCCCCCCOC2OC(CO)C(O)C(O)C2NC(C)=O)c1. The van der Waals surface area contributed by atoms with Gasteiger partial charge >= 0.3 is 13.8 Å². The zero-order valence-electron chi connectivity index (χ0n) is 83.3. The van der Waals surface area contributed by atoms with Crippen LogP contribution >= 0.6 is 19.6 Å². The summed E-state index contributed by atoms with van der Waals surface area (Å²) in [6.45, 7) is -0.711. The van der Waals surface area contributed by atoms with Gasteiger partial charge in [-0.05, 0) is 101 Å². The number of ether oxygens (including phenoxy) is 9. The maximum atomic E-state index is 15.4. The fourth-order valence-electron chi connectivity index (χ4n) is 16.0. The molecule has 51 nitrogen and oxygen atoms in total. The molecular weight excluding hydrogens is 1960 g/mol. The van der Waals surface area contributed by atoms with E-state index in [9.17, 15) is 129 Å². The van der Waals surface area contributed by atoms with Crippen LogP contribution in [0.15, 0.2) is 18.2 Å². The Morgan fingerprint density at radius 3 is 0.972 bits per heavy atom. The van der Waals surface area contributed by atoms with Crippen molar-refractivity contribution in [1.29, 1.82) is 0 Å². The highest BCUT2D eigenvalue weighted by Crippen LogP contribution is 2.42. The van der Waals surface area contributed by atoms with Crippen LogP contribution in [-0.2, 0) is 104 Å². The molecule has 830 valence electrons. The predicted octanol–water partition coefficient (Wildman–Crippen LogP) is -4.42. The Morgan fingerprint density at radius 1 is 0.372 bits per heavy atom. The van der Waals surface area contributed by atoms with Crippen molar-refractivity contribution < 1.29 is 190 Å². The summed E-state index contributed by atoms with van der Waals surface area (Å²) in [4.78, 5) is 185. The fourth-order valence-corrected chi connectivity index (χ4v) is 17.6. The van der Waals surface area contributed by atoms with Crippen LogP contribution in [0.2, 0.25) is 0 Å². The lowest BCUT2D eigenvalue weighted by Gasteiger charge is -2.42. The third-order valence-corrected chi connectivity index (χ3v) is 26.1. The van der Waals surface area contributed by atoms with E-state index in [-0.39, 0.29) is 102 Å². The molecule has 4 saturated heterocycles. The first-order valence-electron chi connectivity index (χ1n) is 49.7. The topological polar surface area (TPSA) is 751 Å². The lowest BCUT2D eigenvalue weighted by atomic mass is 9.97. The minimum atomic E-state index is -4.07. The van der Waals surface area contributed by atoms with Crippen LogP contribution in [0.4, 0.5) is 0 Å². The van der Waals surface area contributed by atoms with Crippen molar-refractivity contribution in [2.24, 2.45) is 0 Å². The van der Waals surface area contributed by atoms with Gasteiger partial charge in [-0.25, -0.2) is 4.57 Å². The summed E-state index contributed by atoms with van der Waals surface area (Å²) in [5.74, 6) is -8.84. The number of aliphatic hydroxyl groups excluding tert-OH is 12. The van der Waals surface area contributed by atoms with Gasteiger partial charge in [-0.15, -0.1) is 11.8 Å². The van der Waals surface area contributed by atoms with Gasteiger partial charge in [0, 0.05) is 112 Å². The number of hydrogen-bond donors (Lipinski definition) is 24. The number of unbranched alkanes of at least 4 members (excludes halogenated alkanes) is 18. The molecule has 0 radical (unpaired) electrons.